The fourth-order valence-corrected chi connectivity index (χ4v) is 4.08. The predicted octanol–water partition coefficient (Wildman–Crippen LogP) is 4.53. The number of nitrogens with zero attached hydrogens (tertiary/aromatic N) is 1. The van der Waals surface area contributed by atoms with Crippen LogP contribution in [0.2, 0.25) is 0 Å². The molecule has 0 aliphatic carbocycles. The van der Waals surface area contributed by atoms with E-state index in [0.717, 1.165) is 37.2 Å². The van der Waals surface area contributed by atoms with E-state index in [1.54, 1.807) is 7.11 Å². The van der Waals surface area contributed by atoms with Crippen LogP contribution in [0, 0.1) is 0 Å². The molecular formula is C24H32N2O2. The Morgan fingerprint density at radius 3 is 2.32 bits per heavy atom. The highest BCUT2D eigenvalue weighted by Crippen LogP contribution is 2.27. The lowest BCUT2D eigenvalue weighted by molar-refractivity contribution is -0.123. The molecule has 28 heavy (non-hydrogen) atoms. The molecule has 1 saturated heterocycles. The molecule has 0 spiro atoms. The molecule has 2 aromatic carbocycles. The Balaban J connectivity index is 1.71. The van der Waals surface area contributed by atoms with Crippen LogP contribution in [-0.2, 0) is 4.79 Å². The summed E-state index contributed by atoms with van der Waals surface area (Å²) in [4.78, 5) is 15.5. The van der Waals surface area contributed by atoms with Crippen molar-refractivity contribution in [3.8, 4) is 5.75 Å². The second-order valence-electron chi connectivity index (χ2n) is 7.53. The van der Waals surface area contributed by atoms with Gasteiger partial charge in [0.1, 0.15) is 5.75 Å². The zero-order chi connectivity index (χ0) is 19.8. The van der Waals surface area contributed by atoms with E-state index in [-0.39, 0.29) is 17.9 Å². The monoisotopic (exact) mass is 380 g/mol. The van der Waals surface area contributed by atoms with E-state index in [1.165, 1.54) is 18.4 Å². The van der Waals surface area contributed by atoms with Crippen molar-refractivity contribution < 1.29 is 9.53 Å². The quantitative estimate of drug-likeness (QED) is 0.695. The van der Waals surface area contributed by atoms with E-state index in [0.29, 0.717) is 6.54 Å². The van der Waals surface area contributed by atoms with E-state index in [2.05, 4.69) is 41.4 Å². The maximum absolute atomic E-state index is 13.0. The van der Waals surface area contributed by atoms with Gasteiger partial charge in [-0.05, 0) is 55.6 Å². The standard InChI is InChI=1S/C24H32N2O2/c1-3-9-22(19-10-5-4-6-11-19)24(27)25-18-23(26-16-7-8-17-26)20-12-14-21(28-2)15-13-20/h4-6,10-15,22-23H,3,7-9,16-18H2,1-2H3,(H,25,27). The second kappa shape index (κ2) is 10.3. The maximum atomic E-state index is 13.0. The third kappa shape index (κ3) is 5.14. The molecule has 0 radical (unpaired) electrons. The molecule has 2 aromatic rings. The number of hydrogen-bond donors (Lipinski definition) is 1. The van der Waals surface area contributed by atoms with Gasteiger partial charge >= 0.3 is 0 Å². The topological polar surface area (TPSA) is 41.6 Å². The SMILES string of the molecule is CCCC(C(=O)NCC(c1ccc(OC)cc1)N1CCCC1)c1ccccc1. The van der Waals surface area contributed by atoms with Crippen molar-refractivity contribution in [1.82, 2.24) is 10.2 Å². The van der Waals surface area contributed by atoms with Crippen LogP contribution in [0.15, 0.2) is 54.6 Å². The fraction of sp³-hybridized carbons (Fsp3) is 0.458. The highest BCUT2D eigenvalue weighted by Gasteiger charge is 2.26. The van der Waals surface area contributed by atoms with Gasteiger partial charge in [0, 0.05) is 6.54 Å². The van der Waals surface area contributed by atoms with Crippen molar-refractivity contribution in [2.24, 2.45) is 0 Å². The largest absolute Gasteiger partial charge is 0.497 e. The normalized spacial score (nSPS) is 16.5. The highest BCUT2D eigenvalue weighted by molar-refractivity contribution is 5.83. The zero-order valence-corrected chi connectivity index (χ0v) is 17.1. The summed E-state index contributed by atoms with van der Waals surface area (Å²) >= 11 is 0. The summed E-state index contributed by atoms with van der Waals surface area (Å²) in [6.45, 7) is 4.94. The van der Waals surface area contributed by atoms with Crippen molar-refractivity contribution in [3.05, 3.63) is 65.7 Å². The molecule has 1 heterocycles. The molecule has 1 aliphatic heterocycles. The van der Waals surface area contributed by atoms with Gasteiger partial charge in [0.25, 0.3) is 0 Å². The lowest BCUT2D eigenvalue weighted by Crippen LogP contribution is -2.38. The lowest BCUT2D eigenvalue weighted by Gasteiger charge is -2.29. The van der Waals surface area contributed by atoms with Crippen LogP contribution in [0.25, 0.3) is 0 Å². The molecule has 2 unspecified atom stereocenters. The van der Waals surface area contributed by atoms with E-state index >= 15 is 0 Å². The molecule has 3 rings (SSSR count). The van der Waals surface area contributed by atoms with Gasteiger partial charge in [0.15, 0.2) is 0 Å². The Bertz CT molecular complexity index is 724. The van der Waals surface area contributed by atoms with Crippen molar-refractivity contribution in [3.63, 3.8) is 0 Å². The first-order valence-corrected chi connectivity index (χ1v) is 10.4. The number of amides is 1. The van der Waals surface area contributed by atoms with Gasteiger partial charge in [-0.2, -0.15) is 0 Å². The van der Waals surface area contributed by atoms with Crippen LogP contribution in [0.1, 0.15) is 55.7 Å². The molecule has 1 amide bonds. The Morgan fingerprint density at radius 2 is 1.71 bits per heavy atom. The first kappa shape index (κ1) is 20.4. The van der Waals surface area contributed by atoms with E-state index < -0.39 is 0 Å². The number of carbonyl (C=O) groups is 1. The van der Waals surface area contributed by atoms with Gasteiger partial charge in [-0.15, -0.1) is 0 Å². The lowest BCUT2D eigenvalue weighted by atomic mass is 9.93. The summed E-state index contributed by atoms with van der Waals surface area (Å²) in [6, 6.07) is 18.6. The number of rotatable bonds is 9. The van der Waals surface area contributed by atoms with Crippen LogP contribution in [0.4, 0.5) is 0 Å². The zero-order valence-electron chi connectivity index (χ0n) is 17.1. The third-order valence-electron chi connectivity index (χ3n) is 5.65. The van der Waals surface area contributed by atoms with Crippen molar-refractivity contribution in [2.45, 2.75) is 44.6 Å². The minimum absolute atomic E-state index is 0.0821. The molecular weight excluding hydrogens is 348 g/mol. The fourth-order valence-electron chi connectivity index (χ4n) is 4.08. The number of nitrogens with one attached hydrogen (secondary N) is 1. The molecule has 0 saturated carbocycles. The molecule has 0 bridgehead atoms. The molecule has 4 heteroatoms. The Kier molecular flexibility index (Phi) is 7.49. The van der Waals surface area contributed by atoms with Crippen molar-refractivity contribution in [2.75, 3.05) is 26.7 Å². The average Bonchev–Trinajstić information content (AvgIpc) is 3.27. The first-order chi connectivity index (χ1) is 13.7. The highest BCUT2D eigenvalue weighted by atomic mass is 16.5. The minimum atomic E-state index is -0.0821. The molecule has 1 aliphatic rings. The van der Waals surface area contributed by atoms with Crippen LogP contribution < -0.4 is 10.1 Å². The number of hydrogen-bond acceptors (Lipinski definition) is 3. The number of methoxy groups -OCH3 is 1. The summed E-state index contributed by atoms with van der Waals surface area (Å²) < 4.78 is 5.30. The predicted molar refractivity (Wildman–Crippen MR) is 114 cm³/mol. The Morgan fingerprint density at radius 1 is 1.04 bits per heavy atom. The number of carbonyl (C=O) groups excluding carboxylic acids is 1. The van der Waals surface area contributed by atoms with Gasteiger partial charge in [-0.25, -0.2) is 0 Å². The van der Waals surface area contributed by atoms with Gasteiger partial charge in [-0.3, -0.25) is 9.69 Å². The molecule has 1 N–H and O–H groups in total. The Labute approximate surface area is 168 Å². The van der Waals surface area contributed by atoms with E-state index in [4.69, 9.17) is 4.74 Å². The minimum Gasteiger partial charge on any atom is -0.497 e. The smallest absolute Gasteiger partial charge is 0.227 e. The van der Waals surface area contributed by atoms with Gasteiger partial charge in [-0.1, -0.05) is 55.8 Å². The first-order valence-electron chi connectivity index (χ1n) is 10.4. The van der Waals surface area contributed by atoms with Gasteiger partial charge < -0.3 is 10.1 Å². The number of ether oxygens (including phenoxy) is 1. The summed E-state index contributed by atoms with van der Waals surface area (Å²) in [6.07, 6.45) is 4.31. The van der Waals surface area contributed by atoms with Crippen molar-refractivity contribution >= 4 is 5.91 Å². The van der Waals surface area contributed by atoms with E-state index in [9.17, 15) is 4.79 Å². The molecule has 0 aromatic heterocycles. The Hall–Kier alpha value is -2.33. The number of benzene rings is 2. The molecule has 4 nitrogen and oxygen atoms in total. The molecule has 1 fully saturated rings. The summed E-state index contributed by atoms with van der Waals surface area (Å²) in [5.74, 6) is 0.909. The van der Waals surface area contributed by atoms with E-state index in [1.807, 2.05) is 30.3 Å². The third-order valence-corrected chi connectivity index (χ3v) is 5.65. The summed E-state index contributed by atoms with van der Waals surface area (Å²) in [5, 5.41) is 3.26. The molecule has 150 valence electrons. The average molecular weight is 381 g/mol. The van der Waals surface area contributed by atoms with Crippen LogP contribution in [-0.4, -0.2) is 37.6 Å². The maximum Gasteiger partial charge on any atom is 0.227 e. The van der Waals surface area contributed by atoms with Crippen LogP contribution >= 0.6 is 0 Å². The number of likely N-dealkylation sites (tertiary alicyclic amines) is 1. The summed E-state index contributed by atoms with van der Waals surface area (Å²) in [7, 11) is 1.69. The molecule has 2 atom stereocenters. The van der Waals surface area contributed by atoms with Gasteiger partial charge in [0.05, 0.1) is 19.1 Å². The second-order valence-corrected chi connectivity index (χ2v) is 7.53. The summed E-state index contributed by atoms with van der Waals surface area (Å²) in [5.41, 5.74) is 2.33. The van der Waals surface area contributed by atoms with Crippen LogP contribution in [0.5, 0.6) is 5.75 Å². The van der Waals surface area contributed by atoms with Crippen molar-refractivity contribution in [1.29, 1.82) is 0 Å². The van der Waals surface area contributed by atoms with Crippen LogP contribution in [0.3, 0.4) is 0 Å². The van der Waals surface area contributed by atoms with Gasteiger partial charge in [0.2, 0.25) is 5.91 Å².